The van der Waals surface area contributed by atoms with Crippen LogP contribution in [0.15, 0.2) is 29.3 Å². The lowest BCUT2D eigenvalue weighted by atomic mass is 9.86. The Morgan fingerprint density at radius 1 is 1.22 bits per heavy atom. The molecule has 2 N–H and O–H groups in total. The van der Waals surface area contributed by atoms with E-state index in [1.807, 2.05) is 18.2 Å². The number of amides is 1. The quantitative estimate of drug-likeness (QED) is 0.536. The average Bonchev–Trinajstić information content (AvgIpc) is 3.20. The fourth-order valence-corrected chi connectivity index (χ4v) is 4.49. The highest BCUT2D eigenvalue weighted by Crippen LogP contribution is 2.39. The summed E-state index contributed by atoms with van der Waals surface area (Å²) in [5.74, 6) is 1.77. The summed E-state index contributed by atoms with van der Waals surface area (Å²) in [5.41, 5.74) is 1.10. The summed E-state index contributed by atoms with van der Waals surface area (Å²) < 4.78 is 18.2. The topological polar surface area (TPSA) is 84.4 Å². The average molecular weight is 445 g/mol. The fraction of sp³-hybridized carbons (Fsp3) is 0.667. The number of likely N-dealkylation sites (N-methyl/N-ethyl adjacent to an activating group) is 1. The lowest BCUT2D eigenvalue weighted by molar-refractivity contribution is -0.191. The van der Waals surface area contributed by atoms with Crippen molar-refractivity contribution in [2.45, 2.75) is 57.0 Å². The van der Waals surface area contributed by atoms with Crippen LogP contribution in [0.1, 0.15) is 50.6 Å². The highest BCUT2D eigenvalue weighted by molar-refractivity contribution is 5.85. The molecule has 2 fully saturated rings. The Balaban J connectivity index is 1.39. The molecule has 32 heavy (non-hydrogen) atoms. The van der Waals surface area contributed by atoms with Gasteiger partial charge in [0, 0.05) is 45.5 Å². The number of guanidine groups is 1. The SMILES string of the molecule is CC1CCC2(CC1)OCC(CNC(=NCC(=O)N(C)C)NC1CCOc3ccccc31)O2. The number of carbonyl (C=O) groups is 1. The summed E-state index contributed by atoms with van der Waals surface area (Å²) in [6, 6.07) is 8.10. The van der Waals surface area contributed by atoms with Crippen LogP contribution in [0, 0.1) is 5.92 Å². The number of hydrogen-bond donors (Lipinski definition) is 2. The molecule has 176 valence electrons. The number of nitrogens with one attached hydrogen (secondary N) is 2. The zero-order valence-electron chi connectivity index (χ0n) is 19.4. The van der Waals surface area contributed by atoms with Crippen molar-refractivity contribution in [2.75, 3.05) is 40.4 Å². The maximum atomic E-state index is 12.1. The van der Waals surface area contributed by atoms with Crippen molar-refractivity contribution >= 4 is 11.9 Å². The Hall–Kier alpha value is -2.32. The lowest BCUT2D eigenvalue weighted by Crippen LogP contribution is -2.45. The van der Waals surface area contributed by atoms with E-state index < -0.39 is 5.79 Å². The predicted molar refractivity (Wildman–Crippen MR) is 123 cm³/mol. The van der Waals surface area contributed by atoms with Crippen LogP contribution >= 0.6 is 0 Å². The smallest absolute Gasteiger partial charge is 0.243 e. The van der Waals surface area contributed by atoms with Crippen molar-refractivity contribution in [3.05, 3.63) is 29.8 Å². The molecule has 8 heteroatoms. The molecule has 1 amide bonds. The summed E-state index contributed by atoms with van der Waals surface area (Å²) >= 11 is 0. The first kappa shape index (κ1) is 22.9. The molecule has 1 spiro atoms. The summed E-state index contributed by atoms with van der Waals surface area (Å²) in [7, 11) is 3.47. The van der Waals surface area contributed by atoms with Gasteiger partial charge in [0.2, 0.25) is 5.91 Å². The molecule has 8 nitrogen and oxygen atoms in total. The van der Waals surface area contributed by atoms with Gasteiger partial charge in [0.25, 0.3) is 0 Å². The van der Waals surface area contributed by atoms with Crippen LogP contribution in [0.2, 0.25) is 0 Å². The molecule has 0 bridgehead atoms. The fourth-order valence-electron chi connectivity index (χ4n) is 4.49. The van der Waals surface area contributed by atoms with E-state index in [4.69, 9.17) is 14.2 Å². The van der Waals surface area contributed by atoms with E-state index in [0.717, 1.165) is 49.3 Å². The van der Waals surface area contributed by atoms with E-state index in [2.05, 4.69) is 28.6 Å². The van der Waals surface area contributed by atoms with Crippen LogP contribution < -0.4 is 15.4 Å². The standard InChI is InChI=1S/C24H36N4O4/c1-17-8-11-24(12-9-17)31-16-18(32-24)14-25-23(26-15-22(29)28(2)3)27-20-10-13-30-21-7-5-4-6-19(20)21/h4-7,17-18,20H,8-16H2,1-3H3,(H2,25,26,27). The molecule has 0 radical (unpaired) electrons. The molecular formula is C24H36N4O4. The van der Waals surface area contributed by atoms with Gasteiger partial charge in [-0.3, -0.25) is 4.79 Å². The molecule has 2 heterocycles. The van der Waals surface area contributed by atoms with Gasteiger partial charge in [-0.05, 0) is 24.8 Å². The van der Waals surface area contributed by atoms with E-state index in [9.17, 15) is 4.79 Å². The number of para-hydroxylation sites is 1. The Morgan fingerprint density at radius 3 is 2.78 bits per heavy atom. The second-order valence-electron chi connectivity index (χ2n) is 9.35. The van der Waals surface area contributed by atoms with Gasteiger partial charge in [-0.1, -0.05) is 25.1 Å². The normalized spacial score (nSPS) is 29.8. The van der Waals surface area contributed by atoms with Gasteiger partial charge in [-0.15, -0.1) is 0 Å². The maximum Gasteiger partial charge on any atom is 0.243 e. The van der Waals surface area contributed by atoms with Gasteiger partial charge in [0.15, 0.2) is 11.7 Å². The number of aliphatic imine (C=N–C) groups is 1. The number of ether oxygens (including phenoxy) is 3. The Kier molecular flexibility index (Phi) is 7.20. The van der Waals surface area contributed by atoms with E-state index >= 15 is 0 Å². The number of benzene rings is 1. The van der Waals surface area contributed by atoms with Crippen molar-refractivity contribution in [1.82, 2.24) is 15.5 Å². The molecule has 0 aromatic heterocycles. The first-order valence-electron chi connectivity index (χ1n) is 11.7. The molecule has 1 aromatic rings. The van der Waals surface area contributed by atoms with Crippen molar-refractivity contribution in [3.8, 4) is 5.75 Å². The second kappa shape index (κ2) is 10.1. The lowest BCUT2D eigenvalue weighted by Gasteiger charge is -2.34. The van der Waals surface area contributed by atoms with Crippen LogP contribution in [-0.4, -0.2) is 69.1 Å². The minimum absolute atomic E-state index is 0.0399. The molecular weight excluding hydrogens is 408 g/mol. The molecule has 2 aliphatic heterocycles. The van der Waals surface area contributed by atoms with Gasteiger partial charge in [0.1, 0.15) is 18.4 Å². The molecule has 4 rings (SSSR count). The maximum absolute atomic E-state index is 12.1. The minimum Gasteiger partial charge on any atom is -0.493 e. The third-order valence-electron chi connectivity index (χ3n) is 6.59. The third-order valence-corrected chi connectivity index (χ3v) is 6.59. The van der Waals surface area contributed by atoms with Crippen LogP contribution in [0.5, 0.6) is 5.75 Å². The molecule has 1 saturated carbocycles. The highest BCUT2D eigenvalue weighted by atomic mass is 16.7. The molecule has 1 saturated heterocycles. The molecule has 1 aliphatic carbocycles. The molecule has 1 aromatic carbocycles. The van der Waals surface area contributed by atoms with Gasteiger partial charge < -0.3 is 29.7 Å². The predicted octanol–water partition coefficient (Wildman–Crippen LogP) is 2.46. The largest absolute Gasteiger partial charge is 0.493 e. The van der Waals surface area contributed by atoms with Gasteiger partial charge in [-0.25, -0.2) is 4.99 Å². The second-order valence-corrected chi connectivity index (χ2v) is 9.35. The van der Waals surface area contributed by atoms with E-state index in [0.29, 0.717) is 25.7 Å². The van der Waals surface area contributed by atoms with Crippen molar-refractivity contribution < 1.29 is 19.0 Å². The number of rotatable bonds is 5. The first-order valence-corrected chi connectivity index (χ1v) is 11.7. The Bertz CT molecular complexity index is 820. The van der Waals surface area contributed by atoms with E-state index in [-0.39, 0.29) is 24.6 Å². The molecule has 2 unspecified atom stereocenters. The number of carbonyl (C=O) groups excluding carboxylic acids is 1. The van der Waals surface area contributed by atoms with Crippen molar-refractivity contribution in [2.24, 2.45) is 10.9 Å². The Morgan fingerprint density at radius 2 is 2.00 bits per heavy atom. The van der Waals surface area contributed by atoms with Crippen LogP contribution in [0.3, 0.4) is 0 Å². The van der Waals surface area contributed by atoms with Crippen LogP contribution in [-0.2, 0) is 14.3 Å². The Labute approximate surface area is 190 Å². The van der Waals surface area contributed by atoms with Crippen molar-refractivity contribution in [1.29, 1.82) is 0 Å². The highest BCUT2D eigenvalue weighted by Gasteiger charge is 2.43. The zero-order chi connectivity index (χ0) is 22.6. The summed E-state index contributed by atoms with van der Waals surface area (Å²) in [6.45, 7) is 4.16. The zero-order valence-corrected chi connectivity index (χ0v) is 19.4. The third kappa shape index (κ3) is 5.53. The van der Waals surface area contributed by atoms with Crippen LogP contribution in [0.4, 0.5) is 0 Å². The number of hydrogen-bond acceptors (Lipinski definition) is 5. The molecule has 3 aliphatic rings. The molecule has 2 atom stereocenters. The van der Waals surface area contributed by atoms with Crippen LogP contribution in [0.25, 0.3) is 0 Å². The van der Waals surface area contributed by atoms with E-state index in [1.165, 1.54) is 0 Å². The van der Waals surface area contributed by atoms with Gasteiger partial charge >= 0.3 is 0 Å². The first-order chi connectivity index (χ1) is 15.4. The van der Waals surface area contributed by atoms with E-state index in [1.54, 1.807) is 19.0 Å². The summed E-state index contributed by atoms with van der Waals surface area (Å²) in [6.07, 6.45) is 4.99. The monoisotopic (exact) mass is 444 g/mol. The number of fused-ring (bicyclic) bond motifs is 1. The summed E-state index contributed by atoms with van der Waals surface area (Å²) in [4.78, 5) is 18.2. The van der Waals surface area contributed by atoms with Crippen molar-refractivity contribution in [3.63, 3.8) is 0 Å². The van der Waals surface area contributed by atoms with Gasteiger partial charge in [-0.2, -0.15) is 0 Å². The minimum atomic E-state index is -0.413. The number of nitrogens with zero attached hydrogens (tertiary/aromatic N) is 2. The van der Waals surface area contributed by atoms with Gasteiger partial charge in [0.05, 0.1) is 19.3 Å². The summed E-state index contributed by atoms with van der Waals surface area (Å²) in [5, 5.41) is 6.89.